The van der Waals surface area contributed by atoms with Crippen LogP contribution in [-0.2, 0) is 22.6 Å². The van der Waals surface area contributed by atoms with Crippen molar-refractivity contribution in [2.75, 3.05) is 36.6 Å². The van der Waals surface area contributed by atoms with E-state index < -0.39 is 35.5 Å². The third-order valence-corrected chi connectivity index (χ3v) is 5.41. The van der Waals surface area contributed by atoms with Crippen LogP contribution in [0.2, 0.25) is 0 Å². The molecule has 35 heavy (non-hydrogen) atoms. The molecule has 2 N–H and O–H groups in total. The summed E-state index contributed by atoms with van der Waals surface area (Å²) in [6.07, 6.45) is 6.06. The number of aliphatic hydroxyl groups excluding tert-OH is 1. The highest BCUT2D eigenvalue weighted by Crippen LogP contribution is 2.29. The van der Waals surface area contributed by atoms with Crippen LogP contribution < -0.4 is 10.2 Å². The number of amides is 1. The summed E-state index contributed by atoms with van der Waals surface area (Å²) >= 11 is 0. The highest BCUT2D eigenvalue weighted by atomic mass is 19.2. The molecular formula is C21H19F3N8O3. The fraction of sp³-hybridized carbons (Fsp3) is 0.286. The molecule has 11 nitrogen and oxygen atoms in total. The average Bonchev–Trinajstić information content (AvgIpc) is 3.46. The number of hydrogen-bond donors (Lipinski definition) is 2. The second-order valence-electron chi connectivity index (χ2n) is 7.70. The van der Waals surface area contributed by atoms with Crippen molar-refractivity contribution in [1.29, 1.82) is 0 Å². The second-order valence-corrected chi connectivity index (χ2v) is 7.70. The number of halogens is 3. The maximum absolute atomic E-state index is 15.3. The summed E-state index contributed by atoms with van der Waals surface area (Å²) in [5.74, 6) is -4.11. The lowest BCUT2D eigenvalue weighted by Gasteiger charge is -2.28. The Morgan fingerprint density at radius 3 is 2.80 bits per heavy atom. The van der Waals surface area contributed by atoms with Crippen molar-refractivity contribution in [3.63, 3.8) is 0 Å². The van der Waals surface area contributed by atoms with E-state index in [4.69, 9.17) is 9.84 Å². The van der Waals surface area contributed by atoms with E-state index in [1.165, 1.54) is 28.0 Å². The first kappa shape index (κ1) is 22.7. The standard InChI is InChI=1S/C21H19F3N8O3/c22-15-5-16(31-2-4-35-11-17(31)34)19(24)14(18(15)23)10-32-20-12(7-27-32)6-25-21(29-20)28-13-8-26-30(9-13)1-3-33/h5-9,33H,1-4,10-11H2,(H,25,28,29). The molecule has 0 saturated carbocycles. The molecule has 1 amide bonds. The number of hydrogen-bond acceptors (Lipinski definition) is 8. The van der Waals surface area contributed by atoms with Gasteiger partial charge in [0.15, 0.2) is 23.1 Å². The molecule has 1 fully saturated rings. The number of morpholine rings is 1. The molecule has 4 heterocycles. The van der Waals surface area contributed by atoms with Crippen molar-refractivity contribution in [3.05, 3.63) is 53.9 Å². The molecule has 1 aliphatic heterocycles. The van der Waals surface area contributed by atoms with Crippen molar-refractivity contribution in [1.82, 2.24) is 29.5 Å². The molecule has 182 valence electrons. The minimum atomic E-state index is -1.38. The van der Waals surface area contributed by atoms with Crippen LogP contribution in [0.4, 0.5) is 30.5 Å². The van der Waals surface area contributed by atoms with Crippen molar-refractivity contribution in [2.45, 2.75) is 13.1 Å². The summed E-state index contributed by atoms with van der Waals surface area (Å²) in [6, 6.07) is 0.666. The Morgan fingerprint density at radius 1 is 1.14 bits per heavy atom. The third-order valence-electron chi connectivity index (χ3n) is 5.41. The predicted octanol–water partition coefficient (Wildman–Crippen LogP) is 1.59. The van der Waals surface area contributed by atoms with E-state index in [2.05, 4.69) is 25.5 Å². The van der Waals surface area contributed by atoms with E-state index in [-0.39, 0.29) is 43.6 Å². The van der Waals surface area contributed by atoms with Gasteiger partial charge in [0.1, 0.15) is 6.61 Å². The second kappa shape index (κ2) is 9.31. The molecule has 0 aliphatic carbocycles. The van der Waals surface area contributed by atoms with E-state index in [0.29, 0.717) is 23.7 Å². The molecule has 0 unspecified atom stereocenters. The van der Waals surface area contributed by atoms with Crippen LogP contribution in [0.3, 0.4) is 0 Å². The summed E-state index contributed by atoms with van der Waals surface area (Å²) in [5, 5.41) is 20.6. The van der Waals surface area contributed by atoms with E-state index >= 15 is 4.39 Å². The highest BCUT2D eigenvalue weighted by molar-refractivity contribution is 5.95. The van der Waals surface area contributed by atoms with Crippen LogP contribution in [0.5, 0.6) is 0 Å². The van der Waals surface area contributed by atoms with E-state index in [1.807, 2.05) is 0 Å². The van der Waals surface area contributed by atoms with Gasteiger partial charge in [-0.05, 0) is 0 Å². The lowest BCUT2D eigenvalue weighted by Crippen LogP contribution is -2.42. The van der Waals surface area contributed by atoms with Crippen LogP contribution in [0.15, 0.2) is 30.9 Å². The molecule has 0 atom stereocenters. The number of carbonyl (C=O) groups excluding carboxylic acids is 1. The number of nitrogens with one attached hydrogen (secondary N) is 1. The Bertz CT molecular complexity index is 1410. The molecular weight excluding hydrogens is 469 g/mol. The van der Waals surface area contributed by atoms with Crippen molar-refractivity contribution in [3.8, 4) is 0 Å². The minimum absolute atomic E-state index is 0.0160. The van der Waals surface area contributed by atoms with Gasteiger partial charge in [-0.2, -0.15) is 15.2 Å². The van der Waals surface area contributed by atoms with Gasteiger partial charge in [0.05, 0.1) is 61.0 Å². The zero-order valence-electron chi connectivity index (χ0n) is 18.2. The molecule has 0 bridgehead atoms. The Balaban J connectivity index is 1.47. The third kappa shape index (κ3) is 4.40. The lowest BCUT2D eigenvalue weighted by molar-refractivity contribution is -0.125. The predicted molar refractivity (Wildman–Crippen MR) is 117 cm³/mol. The number of nitrogens with zero attached hydrogens (tertiary/aromatic N) is 7. The van der Waals surface area contributed by atoms with E-state index in [9.17, 15) is 13.6 Å². The molecule has 1 saturated heterocycles. The first-order valence-electron chi connectivity index (χ1n) is 10.6. The van der Waals surface area contributed by atoms with Crippen LogP contribution in [0.25, 0.3) is 11.0 Å². The topological polar surface area (TPSA) is 123 Å². The Hall–Kier alpha value is -4.04. The summed E-state index contributed by atoms with van der Waals surface area (Å²) in [7, 11) is 0. The molecule has 14 heteroatoms. The normalized spacial score (nSPS) is 14.2. The van der Waals surface area contributed by atoms with Crippen molar-refractivity contribution >= 4 is 34.3 Å². The molecule has 1 aromatic carbocycles. The van der Waals surface area contributed by atoms with Gasteiger partial charge in [-0.25, -0.2) is 22.8 Å². The van der Waals surface area contributed by atoms with Crippen molar-refractivity contribution in [2.24, 2.45) is 0 Å². The van der Waals surface area contributed by atoms with Crippen LogP contribution in [-0.4, -0.2) is 66.9 Å². The first-order valence-corrected chi connectivity index (χ1v) is 10.6. The number of ether oxygens (including phenoxy) is 1. The van der Waals surface area contributed by atoms with Gasteiger partial charge in [-0.1, -0.05) is 0 Å². The van der Waals surface area contributed by atoms with Crippen LogP contribution >= 0.6 is 0 Å². The lowest BCUT2D eigenvalue weighted by atomic mass is 10.1. The number of aromatic nitrogens is 6. The number of carbonyl (C=O) groups is 1. The highest BCUT2D eigenvalue weighted by Gasteiger charge is 2.28. The van der Waals surface area contributed by atoms with Gasteiger partial charge in [-0.3, -0.25) is 9.48 Å². The summed E-state index contributed by atoms with van der Waals surface area (Å²) in [6.45, 7) is -0.343. The molecule has 0 radical (unpaired) electrons. The molecule has 1 aliphatic rings. The largest absolute Gasteiger partial charge is 0.394 e. The molecule has 4 aromatic rings. The Morgan fingerprint density at radius 2 is 2.00 bits per heavy atom. The zero-order chi connectivity index (χ0) is 24.5. The van der Waals surface area contributed by atoms with E-state index in [0.717, 1.165) is 4.90 Å². The Kier molecular flexibility index (Phi) is 6.05. The van der Waals surface area contributed by atoms with Gasteiger partial charge in [-0.15, -0.1) is 0 Å². The molecule has 5 rings (SSSR count). The van der Waals surface area contributed by atoms with Gasteiger partial charge < -0.3 is 20.1 Å². The first-order chi connectivity index (χ1) is 16.9. The van der Waals surface area contributed by atoms with Crippen molar-refractivity contribution < 1.29 is 27.8 Å². The summed E-state index contributed by atoms with van der Waals surface area (Å²) in [5.41, 5.74) is -0.147. The summed E-state index contributed by atoms with van der Waals surface area (Å²) < 4.78 is 52.2. The van der Waals surface area contributed by atoms with E-state index in [1.54, 1.807) is 6.20 Å². The maximum atomic E-state index is 15.3. The number of fused-ring (bicyclic) bond motifs is 1. The SMILES string of the molecule is O=C1COCCN1c1cc(F)c(F)c(Cn2ncc3cnc(Nc4cnn(CCO)c4)nc32)c1F. The fourth-order valence-electron chi connectivity index (χ4n) is 3.72. The van der Waals surface area contributed by atoms with Crippen LogP contribution in [0, 0.1) is 17.5 Å². The van der Waals surface area contributed by atoms with Gasteiger partial charge in [0, 0.05) is 25.0 Å². The van der Waals surface area contributed by atoms with Crippen LogP contribution in [0.1, 0.15) is 5.56 Å². The fourth-order valence-corrected chi connectivity index (χ4v) is 3.72. The quantitative estimate of drug-likeness (QED) is 0.376. The number of benzene rings is 1. The smallest absolute Gasteiger partial charge is 0.253 e. The van der Waals surface area contributed by atoms with Gasteiger partial charge in [0.25, 0.3) is 5.91 Å². The van der Waals surface area contributed by atoms with Gasteiger partial charge in [0.2, 0.25) is 5.95 Å². The average molecular weight is 488 g/mol. The zero-order valence-corrected chi connectivity index (χ0v) is 18.2. The Labute approximate surface area is 195 Å². The number of anilines is 3. The molecule has 0 spiro atoms. The number of rotatable bonds is 7. The monoisotopic (exact) mass is 488 g/mol. The summed E-state index contributed by atoms with van der Waals surface area (Å²) in [4.78, 5) is 21.7. The maximum Gasteiger partial charge on any atom is 0.253 e. The minimum Gasteiger partial charge on any atom is -0.394 e. The van der Waals surface area contributed by atoms with Gasteiger partial charge >= 0.3 is 0 Å². The molecule has 3 aromatic heterocycles. The number of aliphatic hydroxyl groups is 1.